The Morgan fingerprint density at radius 2 is 1.76 bits per heavy atom. The van der Waals surface area contributed by atoms with E-state index in [0.717, 1.165) is 45.4 Å². The molecule has 5 heteroatoms. The maximum Gasteiger partial charge on any atom is 0.239 e. The van der Waals surface area contributed by atoms with E-state index in [1.54, 1.807) is 0 Å². The van der Waals surface area contributed by atoms with Gasteiger partial charge in [0.05, 0.1) is 6.04 Å². The molecule has 0 aliphatic carbocycles. The molecule has 3 rings (SSSR count). The minimum Gasteiger partial charge on any atom is -0.340 e. The number of nitrogens with two attached hydrogens (primary N) is 1. The van der Waals surface area contributed by atoms with Crippen molar-refractivity contribution in [3.8, 4) is 0 Å². The second-order valence-corrected chi connectivity index (χ2v) is 8.87. The molecule has 2 aliphatic rings. The highest BCUT2D eigenvalue weighted by atomic mass is 16.2. The Bertz CT molecular complexity index is 669. The normalized spacial score (nSPS) is 21.2. The van der Waals surface area contributed by atoms with Gasteiger partial charge in [0.25, 0.3) is 0 Å². The molecular formula is C24H40N4O. The van der Waals surface area contributed by atoms with E-state index < -0.39 is 6.04 Å². The number of aryl methyl sites for hydroxylation is 2. The van der Waals surface area contributed by atoms with Crippen LogP contribution in [-0.4, -0.2) is 79.0 Å². The van der Waals surface area contributed by atoms with Gasteiger partial charge in [-0.1, -0.05) is 32.0 Å². The first-order chi connectivity index (χ1) is 14.0. The fourth-order valence-corrected chi connectivity index (χ4v) is 4.94. The van der Waals surface area contributed by atoms with Crippen molar-refractivity contribution >= 4 is 5.91 Å². The highest BCUT2D eigenvalue weighted by Gasteiger charge is 2.28. The van der Waals surface area contributed by atoms with Crippen molar-refractivity contribution in [3.63, 3.8) is 0 Å². The topological polar surface area (TPSA) is 52.8 Å². The first-order valence-corrected chi connectivity index (χ1v) is 11.6. The van der Waals surface area contributed by atoms with Crippen molar-refractivity contribution in [2.45, 2.75) is 64.5 Å². The number of hydrogen-bond donors (Lipinski definition) is 1. The van der Waals surface area contributed by atoms with Gasteiger partial charge in [0, 0.05) is 32.2 Å². The van der Waals surface area contributed by atoms with E-state index in [1.165, 1.54) is 42.6 Å². The minimum absolute atomic E-state index is 0.118. The van der Waals surface area contributed by atoms with Crippen LogP contribution in [0.5, 0.6) is 0 Å². The van der Waals surface area contributed by atoms with Crippen LogP contribution < -0.4 is 5.73 Å². The lowest BCUT2D eigenvalue weighted by atomic mass is 9.96. The predicted octanol–water partition coefficient (Wildman–Crippen LogP) is 2.31. The summed E-state index contributed by atoms with van der Waals surface area (Å²) < 4.78 is 0. The Balaban J connectivity index is 1.54. The standard InChI is InChI=1S/C24H40N4O/c1-4-20-8-7-19(17-21(20)5-2)18-23(25)24(29)28-12-6-11-27(15-16-28)22-9-13-26(3)14-10-22/h7-8,17,22-23H,4-6,9-16,18,25H2,1-3H3/t23-/m1/s1. The summed E-state index contributed by atoms with van der Waals surface area (Å²) in [5, 5.41) is 0. The van der Waals surface area contributed by atoms with Crippen LogP contribution >= 0.6 is 0 Å². The summed E-state index contributed by atoms with van der Waals surface area (Å²) in [7, 11) is 2.21. The van der Waals surface area contributed by atoms with E-state index in [2.05, 4.69) is 48.9 Å². The highest BCUT2D eigenvalue weighted by molar-refractivity contribution is 5.82. The summed E-state index contributed by atoms with van der Waals surface area (Å²) in [5.41, 5.74) is 10.3. The molecule has 1 aromatic rings. The molecule has 1 aromatic carbocycles. The fraction of sp³-hybridized carbons (Fsp3) is 0.708. The first-order valence-electron chi connectivity index (χ1n) is 11.6. The molecule has 2 fully saturated rings. The monoisotopic (exact) mass is 400 g/mol. The number of carbonyl (C=O) groups is 1. The molecule has 0 bridgehead atoms. The lowest BCUT2D eigenvalue weighted by molar-refractivity contribution is -0.132. The highest BCUT2D eigenvalue weighted by Crippen LogP contribution is 2.19. The third-order valence-corrected chi connectivity index (χ3v) is 6.85. The summed E-state index contributed by atoms with van der Waals surface area (Å²) in [6, 6.07) is 6.84. The molecule has 2 N–H and O–H groups in total. The number of nitrogens with zero attached hydrogens (tertiary/aromatic N) is 3. The van der Waals surface area contributed by atoms with Gasteiger partial charge in [-0.3, -0.25) is 9.69 Å². The van der Waals surface area contributed by atoms with Crippen LogP contribution in [0, 0.1) is 0 Å². The van der Waals surface area contributed by atoms with E-state index in [0.29, 0.717) is 12.5 Å². The number of benzene rings is 1. The second kappa shape index (κ2) is 10.6. The Hall–Kier alpha value is -1.43. The molecule has 162 valence electrons. The van der Waals surface area contributed by atoms with Crippen LogP contribution in [0.25, 0.3) is 0 Å². The van der Waals surface area contributed by atoms with Gasteiger partial charge in [-0.15, -0.1) is 0 Å². The van der Waals surface area contributed by atoms with Crippen LogP contribution in [0.4, 0.5) is 0 Å². The van der Waals surface area contributed by atoms with Crippen molar-refractivity contribution in [2.75, 3.05) is 46.3 Å². The average Bonchev–Trinajstić information content (AvgIpc) is 3.00. The average molecular weight is 401 g/mol. The SMILES string of the molecule is CCc1ccc(C[C@@H](N)C(=O)N2CCCN(C3CCN(C)CC3)CC2)cc1CC. The van der Waals surface area contributed by atoms with E-state index in [-0.39, 0.29) is 5.91 Å². The largest absolute Gasteiger partial charge is 0.340 e. The molecule has 5 nitrogen and oxygen atoms in total. The molecule has 0 unspecified atom stereocenters. The molecule has 0 radical (unpaired) electrons. The van der Waals surface area contributed by atoms with Crippen molar-refractivity contribution in [2.24, 2.45) is 5.73 Å². The van der Waals surface area contributed by atoms with E-state index in [1.807, 2.05) is 4.90 Å². The smallest absolute Gasteiger partial charge is 0.239 e. The number of piperidine rings is 1. The molecular weight excluding hydrogens is 360 g/mol. The molecule has 1 amide bonds. The number of likely N-dealkylation sites (tertiary alicyclic amines) is 1. The van der Waals surface area contributed by atoms with E-state index >= 15 is 0 Å². The second-order valence-electron chi connectivity index (χ2n) is 8.87. The van der Waals surface area contributed by atoms with Crippen LogP contribution in [0.1, 0.15) is 49.8 Å². The van der Waals surface area contributed by atoms with E-state index in [4.69, 9.17) is 5.73 Å². The Labute approximate surface area is 177 Å². The molecule has 29 heavy (non-hydrogen) atoms. The lowest BCUT2D eigenvalue weighted by Crippen LogP contribution is -2.48. The molecule has 0 spiro atoms. The number of amides is 1. The maximum atomic E-state index is 13.0. The zero-order valence-electron chi connectivity index (χ0n) is 18.7. The van der Waals surface area contributed by atoms with Crippen molar-refractivity contribution in [3.05, 3.63) is 34.9 Å². The minimum atomic E-state index is -0.443. The Kier molecular flexibility index (Phi) is 8.10. The summed E-state index contributed by atoms with van der Waals surface area (Å²) in [4.78, 5) is 20.1. The molecule has 0 saturated carbocycles. The number of rotatable bonds is 6. The van der Waals surface area contributed by atoms with Gasteiger partial charge in [-0.05, 0) is 75.4 Å². The summed E-state index contributed by atoms with van der Waals surface area (Å²) in [6.45, 7) is 10.5. The van der Waals surface area contributed by atoms with Crippen molar-refractivity contribution in [1.82, 2.24) is 14.7 Å². The molecule has 2 aliphatic heterocycles. The fourth-order valence-electron chi connectivity index (χ4n) is 4.94. The van der Waals surface area contributed by atoms with Crippen LogP contribution in [0.2, 0.25) is 0 Å². The van der Waals surface area contributed by atoms with Gasteiger partial charge in [0.15, 0.2) is 0 Å². The first kappa shape index (κ1) is 22.3. The zero-order valence-corrected chi connectivity index (χ0v) is 18.7. The summed E-state index contributed by atoms with van der Waals surface area (Å²) in [6.07, 6.45) is 6.26. The third-order valence-electron chi connectivity index (χ3n) is 6.85. The van der Waals surface area contributed by atoms with Gasteiger partial charge < -0.3 is 15.5 Å². The maximum absolute atomic E-state index is 13.0. The molecule has 0 aromatic heterocycles. The van der Waals surface area contributed by atoms with Crippen LogP contribution in [0.15, 0.2) is 18.2 Å². The summed E-state index contributed by atoms with van der Waals surface area (Å²) >= 11 is 0. The third kappa shape index (κ3) is 5.80. The molecule has 2 saturated heterocycles. The number of hydrogen-bond acceptors (Lipinski definition) is 4. The molecule has 1 atom stereocenters. The van der Waals surface area contributed by atoms with Gasteiger partial charge in [0.1, 0.15) is 0 Å². The predicted molar refractivity (Wildman–Crippen MR) is 120 cm³/mol. The van der Waals surface area contributed by atoms with Gasteiger partial charge in [-0.25, -0.2) is 0 Å². The Morgan fingerprint density at radius 3 is 2.45 bits per heavy atom. The zero-order chi connectivity index (χ0) is 20.8. The van der Waals surface area contributed by atoms with Crippen molar-refractivity contribution in [1.29, 1.82) is 0 Å². The van der Waals surface area contributed by atoms with Gasteiger partial charge >= 0.3 is 0 Å². The van der Waals surface area contributed by atoms with E-state index in [9.17, 15) is 4.79 Å². The van der Waals surface area contributed by atoms with Crippen molar-refractivity contribution < 1.29 is 4.79 Å². The van der Waals surface area contributed by atoms with Gasteiger partial charge in [0.2, 0.25) is 5.91 Å². The van der Waals surface area contributed by atoms with Crippen LogP contribution in [0.3, 0.4) is 0 Å². The lowest BCUT2D eigenvalue weighted by Gasteiger charge is -2.36. The van der Waals surface area contributed by atoms with Crippen LogP contribution in [-0.2, 0) is 24.1 Å². The molecule has 2 heterocycles. The number of carbonyl (C=O) groups excluding carboxylic acids is 1. The quantitative estimate of drug-likeness (QED) is 0.796. The van der Waals surface area contributed by atoms with Gasteiger partial charge in [-0.2, -0.15) is 0 Å². The Morgan fingerprint density at radius 1 is 1.03 bits per heavy atom. The summed E-state index contributed by atoms with van der Waals surface area (Å²) in [5.74, 6) is 0.118.